The molecule has 1 aromatic heterocycles. The van der Waals surface area contributed by atoms with Gasteiger partial charge in [-0.05, 0) is 38.4 Å². The first kappa shape index (κ1) is 14.1. The number of hydrogen-bond donors (Lipinski definition) is 0. The summed E-state index contributed by atoms with van der Waals surface area (Å²) in [6.45, 7) is 1.48. The number of rotatable bonds is 5. The lowest BCUT2D eigenvalue weighted by Crippen LogP contribution is -2.61. The number of nitrogens with zero attached hydrogens (tertiary/aromatic N) is 2. The summed E-state index contributed by atoms with van der Waals surface area (Å²) < 4.78 is 16.0. The zero-order valence-corrected chi connectivity index (χ0v) is 12.6. The predicted octanol–water partition coefficient (Wildman–Crippen LogP) is 2.22. The highest BCUT2D eigenvalue weighted by atomic mass is 16.5. The number of methoxy groups -OCH3 is 1. The van der Waals surface area contributed by atoms with Gasteiger partial charge in [0.15, 0.2) is 5.76 Å². The van der Waals surface area contributed by atoms with Crippen LogP contribution >= 0.6 is 0 Å². The third kappa shape index (κ3) is 2.66. The van der Waals surface area contributed by atoms with Crippen molar-refractivity contribution >= 4 is 0 Å². The summed E-state index contributed by atoms with van der Waals surface area (Å²) in [7, 11) is 5.81. The van der Waals surface area contributed by atoms with E-state index in [1.165, 1.54) is 0 Å². The molecule has 1 fully saturated rings. The lowest BCUT2D eigenvalue weighted by Gasteiger charge is -2.46. The van der Waals surface area contributed by atoms with Crippen LogP contribution in [0.4, 0.5) is 0 Å². The van der Waals surface area contributed by atoms with Crippen LogP contribution in [-0.4, -0.2) is 50.0 Å². The normalized spacial score (nSPS) is 16.8. The molecule has 112 valence electrons. The molecule has 21 heavy (non-hydrogen) atoms. The molecule has 3 rings (SSSR count). The first-order chi connectivity index (χ1) is 10.1. The van der Waals surface area contributed by atoms with Gasteiger partial charge in [0.25, 0.3) is 0 Å². The van der Waals surface area contributed by atoms with Crippen molar-refractivity contribution < 1.29 is 14.0 Å². The third-order valence-electron chi connectivity index (χ3n) is 4.13. The fourth-order valence-corrected chi connectivity index (χ4v) is 2.48. The number of hydrogen-bond acceptors (Lipinski definition) is 5. The minimum Gasteiger partial charge on any atom is -0.497 e. The molecule has 0 aliphatic carbocycles. The highest BCUT2D eigenvalue weighted by Crippen LogP contribution is 2.29. The second kappa shape index (κ2) is 5.50. The zero-order chi connectivity index (χ0) is 14.9. The molecule has 1 aliphatic rings. The first-order valence-electron chi connectivity index (χ1n) is 6.98. The van der Waals surface area contributed by atoms with Gasteiger partial charge in [0, 0.05) is 18.1 Å². The molecular formula is C16H20N2O3. The van der Waals surface area contributed by atoms with Crippen molar-refractivity contribution in [2.24, 2.45) is 0 Å². The topological polar surface area (TPSA) is 47.7 Å². The quantitative estimate of drug-likeness (QED) is 0.844. The van der Waals surface area contributed by atoms with Crippen LogP contribution in [0.1, 0.15) is 5.69 Å². The van der Waals surface area contributed by atoms with E-state index in [2.05, 4.69) is 24.2 Å². The fourth-order valence-electron chi connectivity index (χ4n) is 2.48. The Bertz CT molecular complexity index is 600. The molecule has 0 N–H and O–H groups in total. The molecule has 5 heteroatoms. The van der Waals surface area contributed by atoms with E-state index in [0.29, 0.717) is 0 Å². The maximum absolute atomic E-state index is 5.47. The fraction of sp³-hybridized carbons (Fsp3) is 0.438. The average Bonchev–Trinajstić information content (AvgIpc) is 2.91. The molecule has 2 aromatic rings. The molecule has 1 aromatic carbocycles. The van der Waals surface area contributed by atoms with Gasteiger partial charge in [-0.1, -0.05) is 5.16 Å². The monoisotopic (exact) mass is 288 g/mol. The van der Waals surface area contributed by atoms with E-state index in [4.69, 9.17) is 14.0 Å². The lowest BCUT2D eigenvalue weighted by molar-refractivity contribution is -0.124. The van der Waals surface area contributed by atoms with Crippen molar-refractivity contribution in [3.63, 3.8) is 0 Å². The Morgan fingerprint density at radius 2 is 1.95 bits per heavy atom. The van der Waals surface area contributed by atoms with Crippen LogP contribution < -0.4 is 4.74 Å². The van der Waals surface area contributed by atoms with Crippen LogP contribution in [0.25, 0.3) is 11.3 Å². The Morgan fingerprint density at radius 1 is 1.24 bits per heavy atom. The van der Waals surface area contributed by atoms with Gasteiger partial charge in [0.1, 0.15) is 5.75 Å². The Labute approximate surface area is 124 Å². The SMILES string of the molecule is COc1ccc(-c2cc(CC3(N(C)C)COC3)no2)cc1. The molecule has 0 saturated carbocycles. The predicted molar refractivity (Wildman–Crippen MR) is 79.4 cm³/mol. The zero-order valence-electron chi connectivity index (χ0n) is 12.6. The number of ether oxygens (including phenoxy) is 2. The van der Waals surface area contributed by atoms with E-state index >= 15 is 0 Å². The molecule has 1 aliphatic heterocycles. The van der Waals surface area contributed by atoms with Crippen LogP contribution in [-0.2, 0) is 11.2 Å². The van der Waals surface area contributed by atoms with Gasteiger partial charge in [0.2, 0.25) is 0 Å². The average molecular weight is 288 g/mol. The van der Waals surface area contributed by atoms with E-state index in [9.17, 15) is 0 Å². The standard InChI is InChI=1S/C16H20N2O3/c1-18(2)16(10-20-11-16)9-13-8-15(21-17-13)12-4-6-14(19-3)7-5-12/h4-8H,9-11H2,1-3H3. The summed E-state index contributed by atoms with van der Waals surface area (Å²) in [6, 6.07) is 9.77. The molecule has 1 saturated heterocycles. The van der Waals surface area contributed by atoms with Crippen LogP contribution in [0, 0.1) is 0 Å². The van der Waals surface area contributed by atoms with Gasteiger partial charge in [-0.15, -0.1) is 0 Å². The Kier molecular flexibility index (Phi) is 3.69. The van der Waals surface area contributed by atoms with Crippen LogP contribution in [0.15, 0.2) is 34.9 Å². The third-order valence-corrected chi connectivity index (χ3v) is 4.13. The largest absolute Gasteiger partial charge is 0.497 e. The van der Waals surface area contributed by atoms with Gasteiger partial charge in [-0.3, -0.25) is 4.90 Å². The summed E-state index contributed by atoms with van der Waals surface area (Å²) >= 11 is 0. The summed E-state index contributed by atoms with van der Waals surface area (Å²) in [5, 5.41) is 4.20. The summed E-state index contributed by atoms with van der Waals surface area (Å²) in [6.07, 6.45) is 0.833. The summed E-state index contributed by atoms with van der Waals surface area (Å²) in [5.74, 6) is 1.61. The Hall–Kier alpha value is -1.85. The minimum atomic E-state index is 0.0497. The van der Waals surface area contributed by atoms with Crippen molar-refractivity contribution in [3.05, 3.63) is 36.0 Å². The lowest BCUT2D eigenvalue weighted by atomic mass is 9.90. The van der Waals surface area contributed by atoms with Crippen molar-refractivity contribution in [3.8, 4) is 17.1 Å². The molecular weight excluding hydrogens is 268 g/mol. The van der Waals surface area contributed by atoms with Crippen molar-refractivity contribution in [1.29, 1.82) is 0 Å². The van der Waals surface area contributed by atoms with E-state index in [1.54, 1.807) is 7.11 Å². The maximum Gasteiger partial charge on any atom is 0.167 e. The van der Waals surface area contributed by atoms with Crippen molar-refractivity contribution in [1.82, 2.24) is 10.1 Å². The van der Waals surface area contributed by atoms with Crippen molar-refractivity contribution in [2.45, 2.75) is 12.0 Å². The maximum atomic E-state index is 5.47. The molecule has 0 unspecified atom stereocenters. The smallest absolute Gasteiger partial charge is 0.167 e. The highest BCUT2D eigenvalue weighted by molar-refractivity contribution is 5.58. The van der Waals surface area contributed by atoms with Crippen molar-refractivity contribution in [2.75, 3.05) is 34.4 Å². The number of aromatic nitrogens is 1. The first-order valence-corrected chi connectivity index (χ1v) is 6.98. The molecule has 0 atom stereocenters. The van der Waals surface area contributed by atoms with Gasteiger partial charge in [-0.2, -0.15) is 0 Å². The number of likely N-dealkylation sites (N-methyl/N-ethyl adjacent to an activating group) is 1. The van der Waals surface area contributed by atoms with Gasteiger partial charge < -0.3 is 14.0 Å². The highest BCUT2D eigenvalue weighted by Gasteiger charge is 2.41. The second-order valence-electron chi connectivity index (χ2n) is 5.70. The molecule has 0 amide bonds. The number of benzene rings is 1. The Morgan fingerprint density at radius 3 is 2.48 bits per heavy atom. The van der Waals surface area contributed by atoms with Gasteiger partial charge in [0.05, 0.1) is 31.6 Å². The molecule has 0 bridgehead atoms. The molecule has 0 radical (unpaired) electrons. The van der Waals surface area contributed by atoms with Crippen LogP contribution in [0.5, 0.6) is 5.75 Å². The van der Waals surface area contributed by atoms with Crippen LogP contribution in [0.2, 0.25) is 0 Å². The van der Waals surface area contributed by atoms with Gasteiger partial charge in [-0.25, -0.2) is 0 Å². The summed E-state index contributed by atoms with van der Waals surface area (Å²) in [5.41, 5.74) is 2.00. The Balaban J connectivity index is 1.76. The van der Waals surface area contributed by atoms with E-state index in [0.717, 1.165) is 42.4 Å². The summed E-state index contributed by atoms with van der Waals surface area (Å²) in [4.78, 5) is 2.21. The van der Waals surface area contributed by atoms with E-state index in [1.807, 2.05) is 30.3 Å². The van der Waals surface area contributed by atoms with E-state index < -0.39 is 0 Å². The molecule has 2 heterocycles. The van der Waals surface area contributed by atoms with E-state index in [-0.39, 0.29) is 5.54 Å². The second-order valence-corrected chi connectivity index (χ2v) is 5.70. The minimum absolute atomic E-state index is 0.0497. The van der Waals surface area contributed by atoms with Crippen LogP contribution in [0.3, 0.4) is 0 Å². The molecule has 5 nitrogen and oxygen atoms in total. The van der Waals surface area contributed by atoms with Gasteiger partial charge >= 0.3 is 0 Å². The molecule has 0 spiro atoms.